The largest absolute Gasteiger partial charge is 0.349 e. The maximum atomic E-state index is 12.3. The predicted octanol–water partition coefficient (Wildman–Crippen LogP) is 2.16. The molecule has 0 saturated carbocycles. The normalized spacial score (nSPS) is 12.0. The lowest BCUT2D eigenvalue weighted by molar-refractivity contribution is 0.0938. The molecule has 0 unspecified atom stereocenters. The van der Waals surface area contributed by atoms with Crippen LogP contribution in [0.25, 0.3) is 0 Å². The topological polar surface area (TPSA) is 67.8 Å². The summed E-state index contributed by atoms with van der Waals surface area (Å²) in [6, 6.07) is 3.93. The summed E-state index contributed by atoms with van der Waals surface area (Å²) < 4.78 is 0. The number of amides is 1. The Morgan fingerprint density at radius 1 is 1.29 bits per heavy atom. The summed E-state index contributed by atoms with van der Waals surface area (Å²) in [6.45, 7) is 7.61. The summed E-state index contributed by atoms with van der Waals surface area (Å²) in [5, 5.41) is 2.97. The van der Waals surface area contributed by atoms with Crippen LogP contribution < -0.4 is 5.32 Å². The molecule has 5 heteroatoms. The van der Waals surface area contributed by atoms with Gasteiger partial charge in [-0.1, -0.05) is 6.07 Å². The lowest BCUT2D eigenvalue weighted by Crippen LogP contribution is -2.35. The molecule has 5 nitrogen and oxygen atoms in total. The van der Waals surface area contributed by atoms with Crippen molar-refractivity contribution in [2.75, 3.05) is 0 Å². The first-order valence-electron chi connectivity index (χ1n) is 6.99. The van der Waals surface area contributed by atoms with E-state index in [1.165, 1.54) is 0 Å². The van der Waals surface area contributed by atoms with Crippen LogP contribution in [0.5, 0.6) is 0 Å². The van der Waals surface area contributed by atoms with E-state index in [1.807, 2.05) is 32.9 Å². The van der Waals surface area contributed by atoms with Gasteiger partial charge >= 0.3 is 0 Å². The smallest absolute Gasteiger partial charge is 0.254 e. The molecule has 2 rings (SSSR count). The lowest BCUT2D eigenvalue weighted by atomic mass is 10.1. The van der Waals surface area contributed by atoms with Crippen molar-refractivity contribution in [2.24, 2.45) is 0 Å². The van der Waals surface area contributed by atoms with Crippen molar-refractivity contribution in [3.05, 3.63) is 52.9 Å². The number of carbonyl (C=O) groups is 1. The van der Waals surface area contributed by atoms with Gasteiger partial charge in [-0.2, -0.15) is 0 Å². The van der Waals surface area contributed by atoms with Crippen molar-refractivity contribution in [1.29, 1.82) is 0 Å². The first kappa shape index (κ1) is 15.1. The van der Waals surface area contributed by atoms with Crippen LogP contribution in [0.15, 0.2) is 24.5 Å². The SMILES string of the molecule is Cc1ncc(C(=O)N[C@@H](C)Cc2ncccc2C)c(C)n1. The Morgan fingerprint density at radius 3 is 2.71 bits per heavy atom. The molecule has 2 aromatic heterocycles. The van der Waals surface area contributed by atoms with Crippen LogP contribution >= 0.6 is 0 Å². The second-order valence-corrected chi connectivity index (χ2v) is 5.26. The number of hydrogen-bond donors (Lipinski definition) is 1. The Labute approximate surface area is 124 Å². The molecular formula is C16H20N4O. The van der Waals surface area contributed by atoms with Crippen molar-refractivity contribution in [3.63, 3.8) is 0 Å². The number of rotatable bonds is 4. The second-order valence-electron chi connectivity index (χ2n) is 5.26. The third-order valence-electron chi connectivity index (χ3n) is 3.34. The van der Waals surface area contributed by atoms with E-state index in [-0.39, 0.29) is 11.9 Å². The number of carbonyl (C=O) groups excluding carboxylic acids is 1. The Morgan fingerprint density at radius 2 is 2.05 bits per heavy atom. The Hall–Kier alpha value is -2.30. The first-order chi connectivity index (χ1) is 9.97. The summed E-state index contributed by atoms with van der Waals surface area (Å²) in [5.74, 6) is 0.523. The summed E-state index contributed by atoms with van der Waals surface area (Å²) in [6.07, 6.45) is 4.05. The quantitative estimate of drug-likeness (QED) is 0.934. The molecule has 2 heterocycles. The van der Waals surface area contributed by atoms with Crippen molar-refractivity contribution < 1.29 is 4.79 Å². The van der Waals surface area contributed by atoms with Gasteiger partial charge < -0.3 is 5.32 Å². The van der Waals surface area contributed by atoms with E-state index in [0.717, 1.165) is 11.3 Å². The average Bonchev–Trinajstić information content (AvgIpc) is 2.41. The number of nitrogens with zero attached hydrogens (tertiary/aromatic N) is 3. The minimum absolute atomic E-state index is 0.00759. The van der Waals surface area contributed by atoms with E-state index in [0.29, 0.717) is 23.5 Å². The molecule has 1 atom stereocenters. The van der Waals surface area contributed by atoms with Crippen LogP contribution in [0.3, 0.4) is 0 Å². The number of aromatic nitrogens is 3. The van der Waals surface area contributed by atoms with E-state index in [2.05, 4.69) is 20.3 Å². The fraction of sp³-hybridized carbons (Fsp3) is 0.375. The average molecular weight is 284 g/mol. The van der Waals surface area contributed by atoms with Crippen LogP contribution in [-0.4, -0.2) is 26.9 Å². The zero-order chi connectivity index (χ0) is 15.4. The standard InChI is InChI=1S/C16H20N4O/c1-10-6-5-7-17-15(10)8-11(2)19-16(21)14-9-18-13(4)20-12(14)3/h5-7,9,11H,8H2,1-4H3,(H,19,21)/t11-/m0/s1. The zero-order valence-electron chi connectivity index (χ0n) is 12.8. The van der Waals surface area contributed by atoms with Crippen molar-refractivity contribution in [1.82, 2.24) is 20.3 Å². The number of hydrogen-bond acceptors (Lipinski definition) is 4. The third kappa shape index (κ3) is 3.84. The molecule has 0 aliphatic rings. The highest BCUT2D eigenvalue weighted by molar-refractivity contribution is 5.95. The fourth-order valence-electron chi connectivity index (χ4n) is 2.18. The van der Waals surface area contributed by atoms with E-state index in [1.54, 1.807) is 19.3 Å². The van der Waals surface area contributed by atoms with Crippen LogP contribution in [0.1, 0.15) is 40.1 Å². The Balaban J connectivity index is 2.04. The Kier molecular flexibility index (Phi) is 4.62. The maximum absolute atomic E-state index is 12.3. The molecule has 0 aromatic carbocycles. The van der Waals surface area contributed by atoms with Crippen LogP contribution in [0.4, 0.5) is 0 Å². The molecule has 0 fully saturated rings. The molecule has 0 radical (unpaired) electrons. The van der Waals surface area contributed by atoms with Crippen LogP contribution in [-0.2, 0) is 6.42 Å². The van der Waals surface area contributed by atoms with Gasteiger partial charge in [0.15, 0.2) is 0 Å². The van der Waals surface area contributed by atoms with Crippen molar-refractivity contribution >= 4 is 5.91 Å². The Bertz CT molecular complexity index is 654. The number of nitrogens with one attached hydrogen (secondary N) is 1. The molecule has 1 N–H and O–H groups in total. The van der Waals surface area contributed by atoms with Gasteiger partial charge in [0.1, 0.15) is 5.82 Å². The van der Waals surface area contributed by atoms with Gasteiger partial charge in [0.2, 0.25) is 0 Å². The van der Waals surface area contributed by atoms with E-state index >= 15 is 0 Å². The van der Waals surface area contributed by atoms with Gasteiger partial charge in [0, 0.05) is 30.6 Å². The van der Waals surface area contributed by atoms with Crippen LogP contribution in [0, 0.1) is 20.8 Å². The summed E-state index contributed by atoms with van der Waals surface area (Å²) in [5.41, 5.74) is 3.35. The minimum Gasteiger partial charge on any atom is -0.349 e. The van der Waals surface area contributed by atoms with E-state index in [9.17, 15) is 4.79 Å². The second kappa shape index (κ2) is 6.43. The highest BCUT2D eigenvalue weighted by Gasteiger charge is 2.14. The number of pyridine rings is 1. The molecule has 110 valence electrons. The van der Waals surface area contributed by atoms with Gasteiger partial charge in [-0.15, -0.1) is 0 Å². The molecule has 0 aliphatic heterocycles. The van der Waals surface area contributed by atoms with E-state index < -0.39 is 0 Å². The van der Waals surface area contributed by atoms with Gasteiger partial charge in [0.25, 0.3) is 5.91 Å². The number of aryl methyl sites for hydroxylation is 3. The molecule has 21 heavy (non-hydrogen) atoms. The molecule has 0 saturated heterocycles. The molecule has 1 amide bonds. The molecule has 2 aromatic rings. The fourth-order valence-corrected chi connectivity index (χ4v) is 2.18. The monoisotopic (exact) mass is 284 g/mol. The summed E-state index contributed by atoms with van der Waals surface area (Å²) in [7, 11) is 0. The molecule has 0 spiro atoms. The zero-order valence-corrected chi connectivity index (χ0v) is 12.8. The van der Waals surface area contributed by atoms with Gasteiger partial charge in [0.05, 0.1) is 11.3 Å². The predicted molar refractivity (Wildman–Crippen MR) is 81.1 cm³/mol. The first-order valence-corrected chi connectivity index (χ1v) is 6.99. The van der Waals surface area contributed by atoms with Gasteiger partial charge in [-0.3, -0.25) is 9.78 Å². The highest BCUT2D eigenvalue weighted by Crippen LogP contribution is 2.08. The third-order valence-corrected chi connectivity index (χ3v) is 3.34. The summed E-state index contributed by atoms with van der Waals surface area (Å²) in [4.78, 5) is 24.9. The summed E-state index contributed by atoms with van der Waals surface area (Å²) >= 11 is 0. The van der Waals surface area contributed by atoms with Crippen molar-refractivity contribution in [3.8, 4) is 0 Å². The van der Waals surface area contributed by atoms with Crippen molar-refractivity contribution in [2.45, 2.75) is 40.2 Å². The van der Waals surface area contributed by atoms with Gasteiger partial charge in [-0.25, -0.2) is 9.97 Å². The minimum atomic E-state index is -0.145. The van der Waals surface area contributed by atoms with Gasteiger partial charge in [-0.05, 0) is 39.3 Å². The molecule has 0 bridgehead atoms. The van der Waals surface area contributed by atoms with E-state index in [4.69, 9.17) is 0 Å². The molecular weight excluding hydrogens is 264 g/mol. The van der Waals surface area contributed by atoms with Crippen LogP contribution in [0.2, 0.25) is 0 Å². The molecule has 0 aliphatic carbocycles. The highest BCUT2D eigenvalue weighted by atomic mass is 16.1. The maximum Gasteiger partial charge on any atom is 0.254 e. The lowest BCUT2D eigenvalue weighted by Gasteiger charge is -2.15.